The summed E-state index contributed by atoms with van der Waals surface area (Å²) < 4.78 is 43.7. The molecule has 198 valence electrons. The minimum atomic E-state index is -4.03. The Morgan fingerprint density at radius 3 is 2.38 bits per heavy atom. The van der Waals surface area contributed by atoms with Crippen molar-refractivity contribution >= 4 is 38.7 Å². The maximum absolute atomic E-state index is 14.9. The molecule has 2 aromatic carbocycles. The molecule has 2 N–H and O–H groups in total. The highest BCUT2D eigenvalue weighted by Crippen LogP contribution is 2.38. The van der Waals surface area contributed by atoms with Gasteiger partial charge in [-0.15, -0.1) is 11.3 Å². The molecule has 5 rings (SSSR count). The van der Waals surface area contributed by atoms with Crippen LogP contribution in [-0.4, -0.2) is 28.4 Å². The van der Waals surface area contributed by atoms with E-state index in [1.807, 2.05) is 26.0 Å². The van der Waals surface area contributed by atoms with Gasteiger partial charge in [0.15, 0.2) is 0 Å². The summed E-state index contributed by atoms with van der Waals surface area (Å²) in [5.74, 6) is -0.307. The molecule has 0 radical (unpaired) electrons. The molecule has 8 nitrogen and oxygen atoms in total. The van der Waals surface area contributed by atoms with Crippen molar-refractivity contribution in [1.82, 2.24) is 19.9 Å². The first-order valence-electron chi connectivity index (χ1n) is 12.0. The maximum atomic E-state index is 14.9. The first-order valence-corrected chi connectivity index (χ1v) is 14.3. The molecule has 0 fully saturated rings. The second kappa shape index (κ2) is 10.5. The van der Waals surface area contributed by atoms with Crippen molar-refractivity contribution in [3.63, 3.8) is 0 Å². The van der Waals surface area contributed by atoms with Gasteiger partial charge in [-0.3, -0.25) is 9.71 Å². The number of nitrogens with one attached hydrogen (secondary N) is 2. The van der Waals surface area contributed by atoms with E-state index in [0.717, 1.165) is 21.3 Å². The zero-order valence-corrected chi connectivity index (χ0v) is 23.3. The largest absolute Gasteiger partial charge is 0.323 e. The Morgan fingerprint density at radius 2 is 1.67 bits per heavy atom. The van der Waals surface area contributed by atoms with Crippen molar-refractivity contribution in [2.75, 3.05) is 10.0 Å². The van der Waals surface area contributed by atoms with Crippen LogP contribution in [0.1, 0.15) is 21.8 Å². The summed E-state index contributed by atoms with van der Waals surface area (Å²) in [6.45, 7) is 7.19. The Bertz CT molecular complexity index is 1770. The van der Waals surface area contributed by atoms with Crippen LogP contribution in [0.2, 0.25) is 0 Å². The minimum Gasteiger partial charge on any atom is -0.323 e. The predicted molar refractivity (Wildman–Crippen MR) is 152 cm³/mol. The minimum absolute atomic E-state index is 0.129. The highest BCUT2D eigenvalue weighted by Gasteiger charge is 2.22. The SMILES string of the molecule is Cc1ccc(Nc2nccc(-c3sc(C)nc3-c3ccc(F)c(NS(=O)(=O)c4c(C)cccc4C)c3)n2)cn1. The van der Waals surface area contributed by atoms with Gasteiger partial charge in [0.2, 0.25) is 5.95 Å². The number of hydrogen-bond acceptors (Lipinski definition) is 8. The van der Waals surface area contributed by atoms with E-state index in [9.17, 15) is 12.8 Å². The summed E-state index contributed by atoms with van der Waals surface area (Å²) in [5, 5.41) is 3.92. The van der Waals surface area contributed by atoms with Crippen LogP contribution in [0.25, 0.3) is 21.8 Å². The molecule has 5 aromatic rings. The lowest BCUT2D eigenvalue weighted by Gasteiger charge is -2.14. The van der Waals surface area contributed by atoms with Crippen LogP contribution in [0.3, 0.4) is 0 Å². The molecular formula is C28H25FN6O2S2. The molecule has 0 saturated carbocycles. The van der Waals surface area contributed by atoms with Crippen molar-refractivity contribution in [3.05, 3.63) is 94.6 Å². The Kier molecular flexibility index (Phi) is 7.11. The van der Waals surface area contributed by atoms with Gasteiger partial charge in [0.05, 0.1) is 43.7 Å². The van der Waals surface area contributed by atoms with Gasteiger partial charge in [0, 0.05) is 17.5 Å². The fourth-order valence-electron chi connectivity index (χ4n) is 4.18. The fourth-order valence-corrected chi connectivity index (χ4v) is 6.62. The predicted octanol–water partition coefficient (Wildman–Crippen LogP) is 6.58. The van der Waals surface area contributed by atoms with Crippen molar-refractivity contribution < 1.29 is 12.8 Å². The van der Waals surface area contributed by atoms with Crippen LogP contribution in [0.15, 0.2) is 71.9 Å². The summed E-state index contributed by atoms with van der Waals surface area (Å²) in [7, 11) is -4.03. The van der Waals surface area contributed by atoms with E-state index in [0.29, 0.717) is 34.0 Å². The van der Waals surface area contributed by atoms with E-state index in [2.05, 4.69) is 30.0 Å². The number of halogens is 1. The van der Waals surface area contributed by atoms with Gasteiger partial charge in [-0.25, -0.2) is 27.8 Å². The molecule has 0 bridgehead atoms. The van der Waals surface area contributed by atoms with E-state index in [4.69, 9.17) is 0 Å². The molecule has 0 atom stereocenters. The van der Waals surface area contributed by atoms with Gasteiger partial charge in [-0.05, 0) is 75.2 Å². The molecular weight excluding hydrogens is 535 g/mol. The molecule has 0 unspecified atom stereocenters. The van der Waals surface area contributed by atoms with E-state index in [-0.39, 0.29) is 10.6 Å². The summed E-state index contributed by atoms with van der Waals surface area (Å²) >= 11 is 1.43. The number of nitrogens with zero attached hydrogens (tertiary/aromatic N) is 4. The second-order valence-corrected chi connectivity index (χ2v) is 11.8. The van der Waals surface area contributed by atoms with Gasteiger partial charge in [-0.1, -0.05) is 18.2 Å². The van der Waals surface area contributed by atoms with Crippen molar-refractivity contribution in [2.45, 2.75) is 32.6 Å². The van der Waals surface area contributed by atoms with E-state index >= 15 is 0 Å². The molecule has 0 aliphatic heterocycles. The highest BCUT2D eigenvalue weighted by molar-refractivity contribution is 7.92. The second-order valence-electron chi connectivity index (χ2n) is 9.01. The molecule has 0 spiro atoms. The zero-order chi connectivity index (χ0) is 27.7. The number of anilines is 3. The Labute approximate surface area is 230 Å². The maximum Gasteiger partial charge on any atom is 0.262 e. The normalized spacial score (nSPS) is 11.4. The van der Waals surface area contributed by atoms with Crippen molar-refractivity contribution in [2.24, 2.45) is 0 Å². The number of aromatic nitrogens is 4. The van der Waals surface area contributed by atoms with Crippen LogP contribution >= 0.6 is 11.3 Å². The number of rotatable bonds is 7. The van der Waals surface area contributed by atoms with Gasteiger partial charge < -0.3 is 5.32 Å². The van der Waals surface area contributed by atoms with E-state index in [1.54, 1.807) is 56.6 Å². The summed E-state index contributed by atoms with van der Waals surface area (Å²) in [4.78, 5) is 18.8. The number of benzene rings is 2. The lowest BCUT2D eigenvalue weighted by molar-refractivity contribution is 0.597. The first kappa shape index (κ1) is 26.4. The lowest BCUT2D eigenvalue weighted by atomic mass is 10.1. The third-order valence-corrected chi connectivity index (χ3v) is 8.61. The first-order chi connectivity index (χ1) is 18.6. The molecule has 11 heteroatoms. The highest BCUT2D eigenvalue weighted by atomic mass is 32.2. The van der Waals surface area contributed by atoms with Gasteiger partial charge >= 0.3 is 0 Å². The Hall–Kier alpha value is -4.22. The topological polar surface area (TPSA) is 110 Å². The molecule has 3 aromatic heterocycles. The Morgan fingerprint density at radius 1 is 0.897 bits per heavy atom. The van der Waals surface area contributed by atoms with Crippen LogP contribution in [0.5, 0.6) is 0 Å². The van der Waals surface area contributed by atoms with Crippen LogP contribution in [-0.2, 0) is 10.0 Å². The number of sulfonamides is 1. The average molecular weight is 561 g/mol. The fraction of sp³-hybridized carbons (Fsp3) is 0.143. The molecule has 3 heterocycles. The van der Waals surface area contributed by atoms with Crippen LogP contribution in [0.4, 0.5) is 21.7 Å². The van der Waals surface area contributed by atoms with E-state index < -0.39 is 15.8 Å². The average Bonchev–Trinajstić information content (AvgIpc) is 3.28. The van der Waals surface area contributed by atoms with Crippen molar-refractivity contribution in [3.8, 4) is 21.8 Å². The molecule has 0 saturated heterocycles. The van der Waals surface area contributed by atoms with Crippen LogP contribution < -0.4 is 10.0 Å². The van der Waals surface area contributed by atoms with Crippen LogP contribution in [0, 0.1) is 33.5 Å². The molecule has 39 heavy (non-hydrogen) atoms. The molecule has 0 amide bonds. The lowest BCUT2D eigenvalue weighted by Crippen LogP contribution is -2.16. The number of thiazole rings is 1. The third kappa shape index (κ3) is 5.64. The summed E-state index contributed by atoms with van der Waals surface area (Å²) in [5.41, 5.74) is 4.36. The summed E-state index contributed by atoms with van der Waals surface area (Å²) in [6, 6.07) is 15.0. The van der Waals surface area contributed by atoms with Gasteiger partial charge in [0.25, 0.3) is 10.0 Å². The van der Waals surface area contributed by atoms with Gasteiger partial charge in [-0.2, -0.15) is 0 Å². The third-order valence-electron chi connectivity index (χ3n) is 5.95. The number of hydrogen-bond donors (Lipinski definition) is 2. The molecule has 0 aliphatic carbocycles. The standard InChI is InChI=1S/C28H25FN6O2S2/c1-16-6-5-7-17(2)27(16)39(36,37)35-24-14-20(9-11-22(24)29)25-26(38-19(4)32-25)23-12-13-30-28(34-23)33-21-10-8-18(3)31-15-21/h5-15,35H,1-4H3,(H,30,33,34). The number of aryl methyl sites for hydroxylation is 4. The summed E-state index contributed by atoms with van der Waals surface area (Å²) in [6.07, 6.45) is 3.34. The van der Waals surface area contributed by atoms with Crippen molar-refractivity contribution in [1.29, 1.82) is 0 Å². The zero-order valence-electron chi connectivity index (χ0n) is 21.7. The quantitative estimate of drug-likeness (QED) is 0.231. The van der Waals surface area contributed by atoms with Gasteiger partial charge in [0.1, 0.15) is 5.82 Å². The monoisotopic (exact) mass is 560 g/mol. The number of pyridine rings is 1. The smallest absolute Gasteiger partial charge is 0.262 e. The molecule has 0 aliphatic rings. The van der Waals surface area contributed by atoms with E-state index in [1.165, 1.54) is 23.5 Å². The Balaban J connectivity index is 1.50.